The summed E-state index contributed by atoms with van der Waals surface area (Å²) < 4.78 is 6.32. The lowest BCUT2D eigenvalue weighted by Gasteiger charge is -2.10. The van der Waals surface area contributed by atoms with Gasteiger partial charge in [0.1, 0.15) is 12.0 Å². The first kappa shape index (κ1) is 9.28. The summed E-state index contributed by atoms with van der Waals surface area (Å²) in [4.78, 5) is 0. The molecule has 0 amide bonds. The third-order valence-corrected chi connectivity index (χ3v) is 2.96. The van der Waals surface area contributed by atoms with Crippen molar-refractivity contribution in [2.45, 2.75) is 32.4 Å². The summed E-state index contributed by atoms with van der Waals surface area (Å²) in [7, 11) is 0. The molecule has 1 aliphatic carbocycles. The molecule has 2 rings (SSSR count). The molecular formula is C10H14BrNO. The van der Waals surface area contributed by atoms with Crippen LogP contribution < -0.4 is 5.32 Å². The molecule has 1 fully saturated rings. The quantitative estimate of drug-likeness (QED) is 0.880. The normalized spacial score (nSPS) is 18.9. The van der Waals surface area contributed by atoms with Gasteiger partial charge in [-0.15, -0.1) is 0 Å². The fourth-order valence-electron chi connectivity index (χ4n) is 1.47. The van der Waals surface area contributed by atoms with E-state index in [1.165, 1.54) is 12.8 Å². The van der Waals surface area contributed by atoms with Crippen molar-refractivity contribution >= 4 is 15.9 Å². The maximum absolute atomic E-state index is 5.31. The van der Waals surface area contributed by atoms with Crippen LogP contribution in [0.2, 0.25) is 0 Å². The number of rotatable bonds is 4. The molecule has 1 aromatic rings. The lowest BCUT2D eigenvalue weighted by atomic mass is 10.2. The van der Waals surface area contributed by atoms with Crippen molar-refractivity contribution in [3.8, 4) is 0 Å². The summed E-state index contributed by atoms with van der Waals surface area (Å²) in [6.07, 6.45) is 4.49. The zero-order valence-corrected chi connectivity index (χ0v) is 9.30. The molecule has 1 aromatic heterocycles. The van der Waals surface area contributed by atoms with E-state index in [-0.39, 0.29) is 0 Å². The van der Waals surface area contributed by atoms with Crippen LogP contribution in [-0.4, -0.2) is 6.04 Å². The van der Waals surface area contributed by atoms with E-state index in [0.29, 0.717) is 6.04 Å². The van der Waals surface area contributed by atoms with E-state index >= 15 is 0 Å². The summed E-state index contributed by atoms with van der Waals surface area (Å²) >= 11 is 3.36. The average Bonchev–Trinajstić information content (AvgIpc) is 2.87. The van der Waals surface area contributed by atoms with Crippen molar-refractivity contribution in [3.63, 3.8) is 0 Å². The number of halogens is 1. The van der Waals surface area contributed by atoms with E-state index in [4.69, 9.17) is 4.42 Å². The molecule has 0 bridgehead atoms. The van der Waals surface area contributed by atoms with Crippen molar-refractivity contribution in [1.82, 2.24) is 5.32 Å². The average molecular weight is 244 g/mol. The van der Waals surface area contributed by atoms with E-state index in [2.05, 4.69) is 28.2 Å². The minimum absolute atomic E-state index is 0.629. The fourth-order valence-corrected chi connectivity index (χ4v) is 1.82. The molecule has 1 N–H and O–H groups in total. The molecule has 0 saturated heterocycles. The summed E-state index contributed by atoms with van der Waals surface area (Å²) in [5, 5.41) is 3.46. The van der Waals surface area contributed by atoms with Gasteiger partial charge < -0.3 is 9.73 Å². The molecule has 72 valence electrons. The molecular weight excluding hydrogens is 230 g/mol. The molecule has 1 saturated carbocycles. The third kappa shape index (κ3) is 2.58. The molecule has 1 aliphatic rings. The predicted molar refractivity (Wildman–Crippen MR) is 55.4 cm³/mol. The molecule has 1 heterocycles. The Hall–Kier alpha value is -0.280. The van der Waals surface area contributed by atoms with Crippen LogP contribution in [0.25, 0.3) is 0 Å². The molecule has 2 nitrogen and oxygen atoms in total. The van der Waals surface area contributed by atoms with Gasteiger partial charge in [0.2, 0.25) is 0 Å². The molecule has 0 spiro atoms. The first-order valence-corrected chi connectivity index (χ1v) is 5.51. The second kappa shape index (κ2) is 3.84. The first-order valence-electron chi connectivity index (χ1n) is 4.72. The van der Waals surface area contributed by atoms with Gasteiger partial charge in [-0.05, 0) is 47.7 Å². The van der Waals surface area contributed by atoms with Gasteiger partial charge >= 0.3 is 0 Å². The van der Waals surface area contributed by atoms with Gasteiger partial charge in [-0.25, -0.2) is 0 Å². The predicted octanol–water partition coefficient (Wildman–Crippen LogP) is 2.93. The molecule has 13 heavy (non-hydrogen) atoms. The highest BCUT2D eigenvalue weighted by molar-refractivity contribution is 9.10. The second-order valence-corrected chi connectivity index (χ2v) is 4.65. The standard InChI is InChI=1S/C10H14BrNO/c1-7(8-2-3-8)12-5-10-4-9(11)6-13-10/h4,6-8,12H,2-3,5H2,1H3. The van der Waals surface area contributed by atoms with E-state index in [1.807, 2.05) is 6.07 Å². The highest BCUT2D eigenvalue weighted by atomic mass is 79.9. The minimum atomic E-state index is 0.629. The van der Waals surface area contributed by atoms with Crippen LogP contribution in [0.3, 0.4) is 0 Å². The van der Waals surface area contributed by atoms with E-state index in [1.54, 1.807) is 6.26 Å². The van der Waals surface area contributed by atoms with Crippen molar-refractivity contribution in [3.05, 3.63) is 22.6 Å². The van der Waals surface area contributed by atoms with Crippen LogP contribution >= 0.6 is 15.9 Å². The van der Waals surface area contributed by atoms with E-state index < -0.39 is 0 Å². The number of nitrogens with one attached hydrogen (secondary N) is 1. The Balaban J connectivity index is 1.78. The second-order valence-electron chi connectivity index (χ2n) is 3.74. The SMILES string of the molecule is CC(NCc1cc(Br)co1)C1CC1. The molecule has 0 aliphatic heterocycles. The molecule has 0 aromatic carbocycles. The minimum Gasteiger partial charge on any atom is -0.467 e. The Labute approximate surface area is 86.8 Å². The van der Waals surface area contributed by atoms with Crippen molar-refractivity contribution < 1.29 is 4.42 Å². The topological polar surface area (TPSA) is 25.2 Å². The fraction of sp³-hybridized carbons (Fsp3) is 0.600. The van der Waals surface area contributed by atoms with Gasteiger partial charge in [0, 0.05) is 6.04 Å². The smallest absolute Gasteiger partial charge is 0.118 e. The first-order chi connectivity index (χ1) is 6.25. The highest BCUT2D eigenvalue weighted by Gasteiger charge is 2.27. The van der Waals surface area contributed by atoms with Crippen molar-refractivity contribution in [1.29, 1.82) is 0 Å². The number of hydrogen-bond acceptors (Lipinski definition) is 2. The summed E-state index contributed by atoms with van der Waals surface area (Å²) in [6, 6.07) is 2.64. The molecule has 1 unspecified atom stereocenters. The number of furan rings is 1. The van der Waals surface area contributed by atoms with Crippen LogP contribution in [0.4, 0.5) is 0 Å². The summed E-state index contributed by atoms with van der Waals surface area (Å²) in [5.74, 6) is 1.90. The van der Waals surface area contributed by atoms with Crippen LogP contribution in [0.5, 0.6) is 0 Å². The zero-order chi connectivity index (χ0) is 9.26. The molecule has 1 atom stereocenters. The lowest BCUT2D eigenvalue weighted by molar-refractivity contribution is 0.435. The Morgan fingerprint density at radius 2 is 2.46 bits per heavy atom. The van der Waals surface area contributed by atoms with Gasteiger partial charge in [-0.1, -0.05) is 0 Å². The third-order valence-electron chi connectivity index (χ3n) is 2.55. The maximum atomic E-state index is 5.31. The van der Waals surface area contributed by atoms with Gasteiger partial charge in [0.15, 0.2) is 0 Å². The van der Waals surface area contributed by atoms with Crippen molar-refractivity contribution in [2.24, 2.45) is 5.92 Å². The van der Waals surface area contributed by atoms with Crippen molar-refractivity contribution in [2.75, 3.05) is 0 Å². The maximum Gasteiger partial charge on any atom is 0.118 e. The van der Waals surface area contributed by atoms with Gasteiger partial charge in [0.05, 0.1) is 11.0 Å². The Bertz CT molecular complexity index is 280. The Morgan fingerprint density at radius 1 is 1.69 bits per heavy atom. The van der Waals surface area contributed by atoms with Crippen LogP contribution in [0, 0.1) is 5.92 Å². The summed E-state index contributed by atoms with van der Waals surface area (Å²) in [5.41, 5.74) is 0. The van der Waals surface area contributed by atoms with Gasteiger partial charge in [0.25, 0.3) is 0 Å². The number of hydrogen-bond donors (Lipinski definition) is 1. The monoisotopic (exact) mass is 243 g/mol. The zero-order valence-electron chi connectivity index (χ0n) is 7.72. The van der Waals surface area contributed by atoms with Gasteiger partial charge in [-0.3, -0.25) is 0 Å². The highest BCUT2D eigenvalue weighted by Crippen LogP contribution is 2.32. The van der Waals surface area contributed by atoms with Crippen LogP contribution in [0.15, 0.2) is 21.2 Å². The van der Waals surface area contributed by atoms with E-state index in [0.717, 1.165) is 22.7 Å². The lowest BCUT2D eigenvalue weighted by Crippen LogP contribution is -2.26. The van der Waals surface area contributed by atoms with Gasteiger partial charge in [-0.2, -0.15) is 0 Å². The largest absolute Gasteiger partial charge is 0.467 e. The van der Waals surface area contributed by atoms with E-state index in [9.17, 15) is 0 Å². The Morgan fingerprint density at radius 3 is 3.00 bits per heavy atom. The molecule has 0 radical (unpaired) electrons. The van der Waals surface area contributed by atoms with Crippen LogP contribution in [0.1, 0.15) is 25.5 Å². The molecule has 3 heteroatoms. The Kier molecular flexibility index (Phi) is 2.74. The van der Waals surface area contributed by atoms with Crippen LogP contribution in [-0.2, 0) is 6.54 Å². The summed E-state index contributed by atoms with van der Waals surface area (Å²) in [6.45, 7) is 3.08.